The molecule has 0 aliphatic carbocycles. The van der Waals surface area contributed by atoms with Gasteiger partial charge < -0.3 is 4.74 Å². The zero-order valence-corrected chi connectivity index (χ0v) is 10.6. The Labute approximate surface area is 103 Å². The molecule has 1 aromatic heterocycles. The highest BCUT2D eigenvalue weighted by Crippen LogP contribution is 2.24. The Kier molecular flexibility index (Phi) is 3.41. The minimum Gasteiger partial charge on any atom is -0.486 e. The SMILES string of the molecule is Cc1cccc(C)c1OCc1nnc(Cl)s1. The standard InChI is InChI=1S/C11H11ClN2OS/c1-7-4-3-5-8(2)10(7)15-6-9-13-14-11(12)16-9/h3-5H,6H2,1-2H3. The van der Waals surface area contributed by atoms with Crippen molar-refractivity contribution >= 4 is 22.9 Å². The second-order valence-electron chi connectivity index (χ2n) is 3.46. The average Bonchev–Trinajstić information content (AvgIpc) is 2.63. The van der Waals surface area contributed by atoms with E-state index in [1.807, 2.05) is 32.0 Å². The summed E-state index contributed by atoms with van der Waals surface area (Å²) in [4.78, 5) is 0. The molecule has 1 aromatic carbocycles. The van der Waals surface area contributed by atoms with Gasteiger partial charge in [0.1, 0.15) is 12.4 Å². The summed E-state index contributed by atoms with van der Waals surface area (Å²) in [5.41, 5.74) is 2.24. The Hall–Kier alpha value is -1.13. The highest BCUT2D eigenvalue weighted by Gasteiger charge is 2.06. The molecular weight excluding hydrogens is 244 g/mol. The van der Waals surface area contributed by atoms with Gasteiger partial charge in [0.05, 0.1) is 0 Å². The van der Waals surface area contributed by atoms with E-state index in [9.17, 15) is 0 Å². The molecule has 3 nitrogen and oxygen atoms in total. The number of hydrogen-bond acceptors (Lipinski definition) is 4. The first kappa shape index (κ1) is 11.4. The van der Waals surface area contributed by atoms with Crippen LogP contribution >= 0.6 is 22.9 Å². The summed E-state index contributed by atoms with van der Waals surface area (Å²) in [6, 6.07) is 6.06. The third kappa shape index (κ3) is 2.51. The molecule has 0 spiro atoms. The number of hydrogen-bond donors (Lipinski definition) is 0. The van der Waals surface area contributed by atoms with E-state index >= 15 is 0 Å². The number of rotatable bonds is 3. The van der Waals surface area contributed by atoms with Gasteiger partial charge >= 0.3 is 0 Å². The van der Waals surface area contributed by atoms with Gasteiger partial charge in [0.15, 0.2) is 5.01 Å². The molecule has 1 heterocycles. The summed E-state index contributed by atoms with van der Waals surface area (Å²) in [6.07, 6.45) is 0. The fourth-order valence-corrected chi connectivity index (χ4v) is 2.23. The van der Waals surface area contributed by atoms with E-state index in [-0.39, 0.29) is 0 Å². The molecule has 0 fully saturated rings. The average molecular weight is 255 g/mol. The molecule has 0 unspecified atom stereocenters. The zero-order chi connectivity index (χ0) is 11.5. The molecule has 2 rings (SSSR count). The monoisotopic (exact) mass is 254 g/mol. The lowest BCUT2D eigenvalue weighted by Crippen LogP contribution is -1.98. The molecule has 0 atom stereocenters. The lowest BCUT2D eigenvalue weighted by atomic mass is 10.1. The van der Waals surface area contributed by atoms with Gasteiger partial charge in [-0.1, -0.05) is 29.5 Å². The first-order valence-corrected chi connectivity index (χ1v) is 6.03. The molecule has 5 heteroatoms. The largest absolute Gasteiger partial charge is 0.486 e. The van der Waals surface area contributed by atoms with Crippen LogP contribution in [0.2, 0.25) is 4.47 Å². The predicted molar refractivity (Wildman–Crippen MR) is 65.2 cm³/mol. The Bertz CT molecular complexity index is 478. The van der Waals surface area contributed by atoms with Crippen LogP contribution in [0.4, 0.5) is 0 Å². The molecule has 0 aliphatic rings. The highest BCUT2D eigenvalue weighted by atomic mass is 35.5. The van der Waals surface area contributed by atoms with Gasteiger partial charge in [0, 0.05) is 0 Å². The van der Waals surface area contributed by atoms with Crippen LogP contribution < -0.4 is 4.74 Å². The Morgan fingerprint density at radius 1 is 1.25 bits per heavy atom. The van der Waals surface area contributed by atoms with E-state index in [4.69, 9.17) is 16.3 Å². The van der Waals surface area contributed by atoms with Crippen LogP contribution in [-0.4, -0.2) is 10.2 Å². The number of ether oxygens (including phenoxy) is 1. The first-order chi connectivity index (χ1) is 7.66. The molecule has 0 radical (unpaired) electrons. The molecule has 2 aromatic rings. The lowest BCUT2D eigenvalue weighted by Gasteiger charge is -2.09. The van der Waals surface area contributed by atoms with Crippen molar-refractivity contribution in [1.29, 1.82) is 0 Å². The van der Waals surface area contributed by atoms with Crippen molar-refractivity contribution in [3.05, 3.63) is 38.8 Å². The number of para-hydroxylation sites is 1. The van der Waals surface area contributed by atoms with Crippen molar-refractivity contribution < 1.29 is 4.74 Å². The lowest BCUT2D eigenvalue weighted by molar-refractivity contribution is 0.300. The van der Waals surface area contributed by atoms with Crippen LogP contribution in [0, 0.1) is 13.8 Å². The Morgan fingerprint density at radius 3 is 2.50 bits per heavy atom. The van der Waals surface area contributed by atoms with Gasteiger partial charge in [0.2, 0.25) is 4.47 Å². The van der Waals surface area contributed by atoms with Crippen molar-refractivity contribution in [2.45, 2.75) is 20.5 Å². The second kappa shape index (κ2) is 4.80. The smallest absolute Gasteiger partial charge is 0.207 e. The van der Waals surface area contributed by atoms with E-state index in [2.05, 4.69) is 10.2 Å². The molecule has 0 N–H and O–H groups in total. The van der Waals surface area contributed by atoms with E-state index in [0.717, 1.165) is 21.9 Å². The molecule has 0 aliphatic heterocycles. The normalized spacial score (nSPS) is 10.4. The van der Waals surface area contributed by atoms with E-state index in [1.165, 1.54) is 11.3 Å². The summed E-state index contributed by atoms with van der Waals surface area (Å²) in [7, 11) is 0. The van der Waals surface area contributed by atoms with Crippen molar-refractivity contribution in [2.24, 2.45) is 0 Å². The zero-order valence-electron chi connectivity index (χ0n) is 9.03. The van der Waals surface area contributed by atoms with Gasteiger partial charge in [0.25, 0.3) is 0 Å². The van der Waals surface area contributed by atoms with Crippen LogP contribution in [0.5, 0.6) is 5.75 Å². The summed E-state index contributed by atoms with van der Waals surface area (Å²) in [5, 5.41) is 8.41. The van der Waals surface area contributed by atoms with Gasteiger partial charge in [-0.3, -0.25) is 0 Å². The number of benzene rings is 1. The van der Waals surface area contributed by atoms with E-state index in [1.54, 1.807) is 0 Å². The van der Waals surface area contributed by atoms with Crippen LogP contribution in [0.15, 0.2) is 18.2 Å². The molecular formula is C11H11ClN2OS. The molecule has 84 valence electrons. The van der Waals surface area contributed by atoms with Crippen molar-refractivity contribution in [3.63, 3.8) is 0 Å². The molecule has 16 heavy (non-hydrogen) atoms. The Balaban J connectivity index is 2.10. The maximum absolute atomic E-state index is 5.72. The summed E-state index contributed by atoms with van der Waals surface area (Å²) < 4.78 is 6.16. The number of nitrogens with zero attached hydrogens (tertiary/aromatic N) is 2. The Morgan fingerprint density at radius 2 is 1.94 bits per heavy atom. The van der Waals surface area contributed by atoms with Gasteiger partial charge in [-0.15, -0.1) is 10.2 Å². The van der Waals surface area contributed by atoms with E-state index < -0.39 is 0 Å². The predicted octanol–water partition coefficient (Wildman–Crippen LogP) is 3.39. The number of aromatic nitrogens is 2. The topological polar surface area (TPSA) is 35.0 Å². The molecule has 0 bridgehead atoms. The summed E-state index contributed by atoms with van der Waals surface area (Å²) in [6.45, 7) is 4.46. The highest BCUT2D eigenvalue weighted by molar-refractivity contribution is 7.15. The number of aryl methyl sites for hydroxylation is 2. The van der Waals surface area contributed by atoms with E-state index in [0.29, 0.717) is 11.1 Å². The fraction of sp³-hybridized carbons (Fsp3) is 0.273. The van der Waals surface area contributed by atoms with Crippen LogP contribution in [0.1, 0.15) is 16.1 Å². The van der Waals surface area contributed by atoms with Gasteiger partial charge in [-0.25, -0.2) is 0 Å². The molecule has 0 amide bonds. The first-order valence-electron chi connectivity index (χ1n) is 4.83. The summed E-state index contributed by atoms with van der Waals surface area (Å²) >= 11 is 7.03. The third-order valence-corrected chi connectivity index (χ3v) is 3.18. The minimum absolute atomic E-state index is 0.413. The van der Waals surface area contributed by atoms with Gasteiger partial charge in [-0.2, -0.15) is 0 Å². The van der Waals surface area contributed by atoms with Crippen LogP contribution in [-0.2, 0) is 6.61 Å². The fourth-order valence-electron chi connectivity index (χ4n) is 1.45. The molecule has 0 saturated carbocycles. The maximum Gasteiger partial charge on any atom is 0.207 e. The third-order valence-electron chi connectivity index (χ3n) is 2.19. The molecule has 0 saturated heterocycles. The minimum atomic E-state index is 0.413. The van der Waals surface area contributed by atoms with Crippen molar-refractivity contribution in [3.8, 4) is 5.75 Å². The van der Waals surface area contributed by atoms with Crippen LogP contribution in [0.25, 0.3) is 0 Å². The second-order valence-corrected chi connectivity index (χ2v) is 5.10. The summed E-state index contributed by atoms with van der Waals surface area (Å²) in [5.74, 6) is 0.911. The van der Waals surface area contributed by atoms with Crippen molar-refractivity contribution in [1.82, 2.24) is 10.2 Å². The number of halogens is 1. The van der Waals surface area contributed by atoms with Gasteiger partial charge in [-0.05, 0) is 36.6 Å². The van der Waals surface area contributed by atoms with Crippen molar-refractivity contribution in [2.75, 3.05) is 0 Å². The van der Waals surface area contributed by atoms with Crippen LogP contribution in [0.3, 0.4) is 0 Å². The maximum atomic E-state index is 5.72. The quantitative estimate of drug-likeness (QED) is 0.842.